The van der Waals surface area contributed by atoms with Crippen molar-refractivity contribution in [1.82, 2.24) is 19.9 Å². The van der Waals surface area contributed by atoms with E-state index in [1.807, 2.05) is 19.9 Å². The van der Waals surface area contributed by atoms with Crippen LogP contribution >= 0.6 is 11.3 Å². The molecule has 31 heavy (non-hydrogen) atoms. The van der Waals surface area contributed by atoms with Crippen LogP contribution in [0.25, 0.3) is 11.8 Å². The summed E-state index contributed by atoms with van der Waals surface area (Å²) in [6, 6.07) is 3.43. The number of aliphatic hydroxyl groups excluding tert-OH is 1. The molecule has 0 aliphatic heterocycles. The summed E-state index contributed by atoms with van der Waals surface area (Å²) in [6.07, 6.45) is 3.02. The lowest BCUT2D eigenvalue weighted by Crippen LogP contribution is -2.34. The third-order valence-corrected chi connectivity index (χ3v) is 5.57. The van der Waals surface area contributed by atoms with E-state index in [1.54, 1.807) is 26.1 Å². The van der Waals surface area contributed by atoms with Crippen LogP contribution in [0.1, 0.15) is 27.7 Å². The molecule has 0 saturated carbocycles. The predicted molar refractivity (Wildman–Crippen MR) is 121 cm³/mol. The van der Waals surface area contributed by atoms with Gasteiger partial charge in [-0.2, -0.15) is 10.2 Å². The van der Waals surface area contributed by atoms with Gasteiger partial charge < -0.3 is 21.1 Å². The van der Waals surface area contributed by atoms with Crippen molar-refractivity contribution in [3.05, 3.63) is 31.8 Å². The van der Waals surface area contributed by atoms with Gasteiger partial charge in [-0.05, 0) is 25.8 Å². The Morgan fingerprint density at radius 2 is 2.16 bits per heavy atom. The maximum absolute atomic E-state index is 12.7. The summed E-state index contributed by atoms with van der Waals surface area (Å²) in [5, 5.41) is 27.5. The number of nitrogens with zero attached hydrogens (tertiary/aromatic N) is 4. The molecule has 0 aromatic carbocycles. The lowest BCUT2D eigenvalue weighted by Gasteiger charge is -2.20. The van der Waals surface area contributed by atoms with Gasteiger partial charge in [0.2, 0.25) is 5.95 Å². The zero-order valence-electron chi connectivity index (χ0n) is 18.0. The van der Waals surface area contributed by atoms with Crippen molar-refractivity contribution in [2.45, 2.75) is 40.3 Å². The SMILES string of the molecule is CCNC(=O)C(C#N)=c1sc(=CNc2nccc(N[C@@H](CO)C(C)C)n2)c(=O)n1CC. The highest BCUT2D eigenvalue weighted by Crippen LogP contribution is 2.11. The fourth-order valence-corrected chi connectivity index (χ4v) is 3.78. The summed E-state index contributed by atoms with van der Waals surface area (Å²) < 4.78 is 2.00. The Morgan fingerprint density at radius 3 is 2.74 bits per heavy atom. The number of anilines is 2. The molecule has 0 saturated heterocycles. The Bertz CT molecular complexity index is 1130. The fraction of sp³-hybridized carbons (Fsp3) is 0.450. The van der Waals surface area contributed by atoms with Gasteiger partial charge >= 0.3 is 0 Å². The number of nitrogens with one attached hydrogen (secondary N) is 3. The second-order valence-electron chi connectivity index (χ2n) is 6.90. The highest BCUT2D eigenvalue weighted by atomic mass is 32.1. The average molecular weight is 446 g/mol. The van der Waals surface area contributed by atoms with Crippen molar-refractivity contribution >= 4 is 40.8 Å². The summed E-state index contributed by atoms with van der Waals surface area (Å²) >= 11 is 1.05. The molecule has 0 aliphatic rings. The third kappa shape index (κ3) is 5.90. The van der Waals surface area contributed by atoms with Crippen LogP contribution in [0.5, 0.6) is 0 Å². The Morgan fingerprint density at radius 1 is 1.42 bits per heavy atom. The molecule has 2 heterocycles. The van der Waals surface area contributed by atoms with E-state index < -0.39 is 5.91 Å². The quantitative estimate of drug-likeness (QED) is 0.416. The van der Waals surface area contributed by atoms with Gasteiger partial charge in [0.25, 0.3) is 11.5 Å². The first-order valence-electron chi connectivity index (χ1n) is 9.95. The molecule has 2 aromatic heterocycles. The smallest absolute Gasteiger partial charge is 0.270 e. The molecule has 0 fully saturated rings. The molecule has 0 aliphatic carbocycles. The lowest BCUT2D eigenvalue weighted by molar-refractivity contribution is -0.115. The second kappa shape index (κ2) is 11.2. The fourth-order valence-electron chi connectivity index (χ4n) is 2.69. The van der Waals surface area contributed by atoms with Crippen molar-refractivity contribution in [3.63, 3.8) is 0 Å². The van der Waals surface area contributed by atoms with Crippen LogP contribution in [0.4, 0.5) is 11.8 Å². The molecule has 0 spiro atoms. The summed E-state index contributed by atoms with van der Waals surface area (Å²) in [4.78, 5) is 33.4. The predicted octanol–water partition coefficient (Wildman–Crippen LogP) is -0.191. The molecule has 0 bridgehead atoms. The molecule has 2 rings (SSSR count). The van der Waals surface area contributed by atoms with Gasteiger partial charge in [0.05, 0.1) is 12.6 Å². The number of nitriles is 1. The van der Waals surface area contributed by atoms with Gasteiger partial charge in [0.1, 0.15) is 21.1 Å². The Labute approximate surface area is 184 Å². The van der Waals surface area contributed by atoms with Crippen molar-refractivity contribution in [3.8, 4) is 6.07 Å². The van der Waals surface area contributed by atoms with Crippen LogP contribution in [0, 0.1) is 17.2 Å². The molecule has 4 N–H and O–H groups in total. The molecule has 0 radical (unpaired) electrons. The monoisotopic (exact) mass is 445 g/mol. The number of hydrogen-bond donors (Lipinski definition) is 4. The number of amides is 1. The zero-order valence-corrected chi connectivity index (χ0v) is 18.8. The normalized spacial score (nSPS) is 13.5. The molecule has 10 nitrogen and oxygen atoms in total. The van der Waals surface area contributed by atoms with E-state index in [0.717, 1.165) is 11.3 Å². The number of hydrogen-bond acceptors (Lipinski definition) is 9. The minimum absolute atomic E-state index is 0.0333. The standard InChI is InChI=1S/C20H27N7O3S/c1-5-22-17(29)13(9-21)19-27(6-2)18(30)15(31-19)10-24-20-23-8-7-16(26-20)25-14(11-28)12(3)4/h7-8,10,12,14,28H,5-6,11H2,1-4H3,(H,22,29)(H2,23,24,25,26)/t14-/m0/s1. The van der Waals surface area contributed by atoms with Gasteiger partial charge in [-0.25, -0.2) is 4.98 Å². The minimum atomic E-state index is -0.515. The van der Waals surface area contributed by atoms with E-state index in [4.69, 9.17) is 0 Å². The Balaban J connectivity index is 2.41. The molecule has 11 heteroatoms. The van der Waals surface area contributed by atoms with E-state index >= 15 is 0 Å². The van der Waals surface area contributed by atoms with Gasteiger partial charge in [-0.1, -0.05) is 13.8 Å². The molecule has 1 amide bonds. The summed E-state index contributed by atoms with van der Waals surface area (Å²) in [5.41, 5.74) is -0.418. The first kappa shape index (κ1) is 24.0. The van der Waals surface area contributed by atoms with Gasteiger partial charge in [-0.15, -0.1) is 11.3 Å². The Kier molecular flexibility index (Phi) is 8.72. The molecule has 1 atom stereocenters. The molecule has 166 valence electrons. The lowest BCUT2D eigenvalue weighted by atomic mass is 10.1. The van der Waals surface area contributed by atoms with E-state index in [0.29, 0.717) is 28.1 Å². The van der Waals surface area contributed by atoms with Gasteiger partial charge in [0, 0.05) is 25.5 Å². The topological polar surface area (TPSA) is 145 Å². The van der Waals surface area contributed by atoms with E-state index in [1.165, 1.54) is 10.8 Å². The van der Waals surface area contributed by atoms with Crippen LogP contribution in [0.15, 0.2) is 17.1 Å². The second-order valence-corrected chi connectivity index (χ2v) is 7.93. The van der Waals surface area contributed by atoms with Crippen LogP contribution in [-0.4, -0.2) is 44.7 Å². The third-order valence-electron chi connectivity index (χ3n) is 4.44. The van der Waals surface area contributed by atoms with E-state index in [9.17, 15) is 20.0 Å². The largest absolute Gasteiger partial charge is 0.394 e. The number of carbonyl (C=O) groups is 1. The van der Waals surface area contributed by atoms with Crippen molar-refractivity contribution in [2.75, 3.05) is 23.8 Å². The maximum atomic E-state index is 12.7. The number of aliphatic hydroxyl groups is 1. The van der Waals surface area contributed by atoms with Crippen molar-refractivity contribution in [1.29, 1.82) is 5.26 Å². The summed E-state index contributed by atoms with van der Waals surface area (Å²) in [7, 11) is 0. The van der Waals surface area contributed by atoms with Crippen LogP contribution < -0.4 is 30.7 Å². The minimum Gasteiger partial charge on any atom is -0.394 e. The number of carbonyl (C=O) groups excluding carboxylic acids is 1. The number of rotatable bonds is 9. The van der Waals surface area contributed by atoms with Gasteiger partial charge in [-0.3, -0.25) is 14.2 Å². The van der Waals surface area contributed by atoms with E-state index in [2.05, 4.69) is 25.9 Å². The summed E-state index contributed by atoms with van der Waals surface area (Å²) in [6.45, 7) is 8.16. The molecule has 2 aromatic rings. The molecule has 0 unspecified atom stereocenters. The highest BCUT2D eigenvalue weighted by molar-refractivity contribution is 7.07. The first-order chi connectivity index (χ1) is 14.9. The van der Waals surface area contributed by atoms with Crippen molar-refractivity contribution < 1.29 is 9.90 Å². The zero-order chi connectivity index (χ0) is 23.0. The maximum Gasteiger partial charge on any atom is 0.270 e. The average Bonchev–Trinajstić information content (AvgIpc) is 3.06. The molecular weight excluding hydrogens is 418 g/mol. The summed E-state index contributed by atoms with van der Waals surface area (Å²) in [5.74, 6) is 0.484. The molecular formula is C20H27N7O3S. The number of thiazole rings is 1. The Hall–Kier alpha value is -3.23. The van der Waals surface area contributed by atoms with Crippen LogP contribution in [0.2, 0.25) is 0 Å². The first-order valence-corrected chi connectivity index (χ1v) is 10.8. The van der Waals surface area contributed by atoms with Crippen LogP contribution in [-0.2, 0) is 11.3 Å². The number of aromatic nitrogens is 3. The highest BCUT2D eigenvalue weighted by Gasteiger charge is 2.15. The van der Waals surface area contributed by atoms with Gasteiger partial charge in [0.15, 0.2) is 5.57 Å². The van der Waals surface area contributed by atoms with Crippen LogP contribution in [0.3, 0.4) is 0 Å². The van der Waals surface area contributed by atoms with E-state index in [-0.39, 0.29) is 35.6 Å². The van der Waals surface area contributed by atoms with Crippen molar-refractivity contribution in [2.24, 2.45) is 5.92 Å².